The van der Waals surface area contributed by atoms with Gasteiger partial charge >= 0.3 is 0 Å². The van der Waals surface area contributed by atoms with Crippen LogP contribution < -0.4 is 26.2 Å². The molecule has 0 radical (unpaired) electrons. The van der Waals surface area contributed by atoms with Gasteiger partial charge in [0.05, 0.1) is 5.69 Å². The van der Waals surface area contributed by atoms with Crippen molar-refractivity contribution < 1.29 is 0 Å². The van der Waals surface area contributed by atoms with Crippen LogP contribution in [0.4, 0.5) is 34.1 Å². The van der Waals surface area contributed by atoms with Gasteiger partial charge in [0.25, 0.3) is 6.71 Å². The summed E-state index contributed by atoms with van der Waals surface area (Å²) in [5.74, 6) is 0. The highest BCUT2D eigenvalue weighted by molar-refractivity contribution is 7.00. The van der Waals surface area contributed by atoms with E-state index in [-0.39, 0.29) is 33.8 Å². The summed E-state index contributed by atoms with van der Waals surface area (Å²) < 4.78 is 0. The van der Waals surface area contributed by atoms with Crippen molar-refractivity contribution in [2.75, 3.05) is 9.80 Å². The molecule has 328 valence electrons. The third-order valence-electron chi connectivity index (χ3n) is 15.0. The SMILES string of the molecule is Cc1ccc(-c2ccccc2)cc1N1c2cc3c(cc2B2c4ccc(C(C)(C)C)cc4N(c4ccc(C(C)(C)C)cc4-c4ccccc4)c4cc(C(C)(C)C)cc1c42)C(C)(C)CC3(C)C. The van der Waals surface area contributed by atoms with Gasteiger partial charge in [-0.2, -0.15) is 0 Å². The van der Waals surface area contributed by atoms with Crippen LogP contribution in [0, 0.1) is 6.92 Å². The molecule has 0 fully saturated rings. The molecule has 0 aromatic heterocycles. The molecule has 0 atom stereocenters. The molecule has 0 bridgehead atoms. The number of hydrogen-bond donors (Lipinski definition) is 0. The maximum atomic E-state index is 2.68. The minimum atomic E-state index is -0.130. The van der Waals surface area contributed by atoms with Crippen molar-refractivity contribution in [2.45, 2.75) is 130 Å². The second kappa shape index (κ2) is 14.6. The molecule has 7 aromatic carbocycles. The standard InChI is InChI=1S/C62H67BN2/c1-39-25-26-42(40-21-17-15-18-22-40)31-52(39)65-54-37-48-47(61(11,12)38-62(48,13)14)36-50(54)63-49-29-27-44(59(5,6)7)33-53(49)64(55-34-45(60(8,9)10)35-56(65)57(55)63)51-30-28-43(58(2,3)4)32-46(51)41-23-19-16-20-24-41/h15-37H,38H2,1-14H3. The Morgan fingerprint density at radius 2 is 0.923 bits per heavy atom. The summed E-state index contributed by atoms with van der Waals surface area (Å²) in [7, 11) is 0. The zero-order chi connectivity index (χ0) is 46.2. The van der Waals surface area contributed by atoms with Gasteiger partial charge in [-0.15, -0.1) is 0 Å². The fourth-order valence-corrected chi connectivity index (χ4v) is 11.6. The first-order chi connectivity index (χ1) is 30.5. The molecule has 0 amide bonds. The van der Waals surface area contributed by atoms with Crippen LogP contribution in [0.3, 0.4) is 0 Å². The zero-order valence-electron chi connectivity index (χ0n) is 41.5. The van der Waals surface area contributed by atoms with Crippen LogP contribution >= 0.6 is 0 Å². The first-order valence-electron chi connectivity index (χ1n) is 24.0. The number of fused-ring (bicyclic) bond motifs is 5. The van der Waals surface area contributed by atoms with Crippen molar-refractivity contribution in [1.29, 1.82) is 0 Å². The fourth-order valence-electron chi connectivity index (χ4n) is 11.6. The van der Waals surface area contributed by atoms with Gasteiger partial charge < -0.3 is 9.80 Å². The smallest absolute Gasteiger partial charge is 0.252 e. The Labute approximate surface area is 390 Å². The summed E-state index contributed by atoms with van der Waals surface area (Å²) in [6.07, 6.45) is 1.11. The van der Waals surface area contributed by atoms with Crippen molar-refractivity contribution in [3.8, 4) is 22.3 Å². The van der Waals surface area contributed by atoms with E-state index in [1.54, 1.807) is 0 Å². The molecule has 3 aliphatic rings. The maximum absolute atomic E-state index is 2.68. The first-order valence-corrected chi connectivity index (χ1v) is 24.0. The third-order valence-corrected chi connectivity index (χ3v) is 15.0. The molecule has 10 rings (SSSR count). The lowest BCUT2D eigenvalue weighted by atomic mass is 9.33. The van der Waals surface area contributed by atoms with Gasteiger partial charge in [0.2, 0.25) is 0 Å². The first kappa shape index (κ1) is 43.1. The maximum Gasteiger partial charge on any atom is 0.252 e. The Morgan fingerprint density at radius 3 is 1.52 bits per heavy atom. The van der Waals surface area contributed by atoms with Crippen LogP contribution in [0.5, 0.6) is 0 Å². The molecule has 0 saturated carbocycles. The van der Waals surface area contributed by atoms with Gasteiger partial charge in [0.1, 0.15) is 0 Å². The molecule has 65 heavy (non-hydrogen) atoms. The van der Waals surface area contributed by atoms with Crippen LogP contribution in [0.1, 0.15) is 130 Å². The number of rotatable bonds is 4. The van der Waals surface area contributed by atoms with E-state index in [0.717, 1.165) is 6.42 Å². The Morgan fingerprint density at radius 1 is 0.415 bits per heavy atom. The number of aryl methyl sites for hydroxylation is 1. The predicted octanol–water partition coefficient (Wildman–Crippen LogP) is 15.3. The number of anilines is 6. The van der Waals surface area contributed by atoms with E-state index in [2.05, 4.69) is 246 Å². The van der Waals surface area contributed by atoms with Gasteiger partial charge in [-0.25, -0.2) is 0 Å². The van der Waals surface area contributed by atoms with Gasteiger partial charge in [-0.3, -0.25) is 0 Å². The second-order valence-electron chi connectivity index (χ2n) is 23.9. The lowest BCUT2D eigenvalue weighted by molar-refractivity contribution is 0.403. The van der Waals surface area contributed by atoms with Crippen molar-refractivity contribution in [2.24, 2.45) is 0 Å². The fraction of sp³-hybridized carbons (Fsp3) is 0.323. The molecule has 0 unspecified atom stereocenters. The Hall–Kier alpha value is -5.80. The summed E-state index contributed by atoms with van der Waals surface area (Å²) in [5.41, 5.74) is 24.7. The zero-order valence-corrected chi connectivity index (χ0v) is 41.5. The normalized spacial score (nSPS) is 15.9. The van der Waals surface area contributed by atoms with E-state index in [1.807, 2.05) is 0 Å². The molecule has 7 aromatic rings. The Kier molecular flexibility index (Phi) is 9.69. The average molecular weight is 851 g/mol. The molecular formula is C62H67BN2. The van der Waals surface area contributed by atoms with Crippen LogP contribution in [-0.2, 0) is 27.1 Å². The van der Waals surface area contributed by atoms with E-state index in [0.29, 0.717) is 0 Å². The topological polar surface area (TPSA) is 6.48 Å². The van der Waals surface area contributed by atoms with Crippen LogP contribution in [0.25, 0.3) is 22.3 Å². The van der Waals surface area contributed by atoms with Crippen LogP contribution in [-0.4, -0.2) is 6.71 Å². The molecule has 3 heteroatoms. The minimum absolute atomic E-state index is 0.0172. The molecule has 2 heterocycles. The van der Waals surface area contributed by atoms with Crippen molar-refractivity contribution in [3.05, 3.63) is 173 Å². The minimum Gasteiger partial charge on any atom is -0.311 e. The Balaban J connectivity index is 1.37. The molecule has 0 N–H and O–H groups in total. The van der Waals surface area contributed by atoms with E-state index in [1.165, 1.54) is 106 Å². The summed E-state index contributed by atoms with van der Waals surface area (Å²) in [5, 5.41) is 0. The molecule has 2 aliphatic heterocycles. The van der Waals surface area contributed by atoms with Gasteiger partial charge in [0, 0.05) is 34.0 Å². The summed E-state index contributed by atoms with van der Waals surface area (Å²) >= 11 is 0. The number of nitrogens with zero attached hydrogens (tertiary/aromatic N) is 2. The highest BCUT2D eigenvalue weighted by Gasteiger charge is 2.49. The van der Waals surface area contributed by atoms with Crippen LogP contribution in [0.15, 0.2) is 140 Å². The van der Waals surface area contributed by atoms with Crippen LogP contribution in [0.2, 0.25) is 0 Å². The summed E-state index contributed by atoms with van der Waals surface area (Å²) in [4.78, 5) is 5.34. The van der Waals surface area contributed by atoms with Crippen molar-refractivity contribution in [3.63, 3.8) is 0 Å². The number of hydrogen-bond acceptors (Lipinski definition) is 2. The lowest BCUT2D eigenvalue weighted by Crippen LogP contribution is -2.61. The molecular weight excluding hydrogens is 784 g/mol. The predicted molar refractivity (Wildman–Crippen MR) is 283 cm³/mol. The number of benzene rings is 7. The Bertz CT molecular complexity index is 3020. The molecule has 1 aliphatic carbocycles. The van der Waals surface area contributed by atoms with Gasteiger partial charge in [0.15, 0.2) is 0 Å². The second-order valence-corrected chi connectivity index (χ2v) is 23.9. The quantitative estimate of drug-likeness (QED) is 0.163. The van der Waals surface area contributed by atoms with Gasteiger partial charge in [-0.05, 0) is 149 Å². The molecule has 0 saturated heterocycles. The van der Waals surface area contributed by atoms with E-state index < -0.39 is 0 Å². The summed E-state index contributed by atoms with van der Waals surface area (Å²) in [6.45, 7) is 33.4. The molecule has 2 nitrogen and oxygen atoms in total. The van der Waals surface area contributed by atoms with Gasteiger partial charge in [-0.1, -0.05) is 187 Å². The van der Waals surface area contributed by atoms with Crippen molar-refractivity contribution >= 4 is 57.2 Å². The van der Waals surface area contributed by atoms with Crippen molar-refractivity contribution in [1.82, 2.24) is 0 Å². The lowest BCUT2D eigenvalue weighted by Gasteiger charge is -2.46. The summed E-state index contributed by atoms with van der Waals surface area (Å²) in [6, 6.07) is 54.2. The highest BCUT2D eigenvalue weighted by Crippen LogP contribution is 2.54. The average Bonchev–Trinajstić information content (AvgIpc) is 3.43. The van der Waals surface area contributed by atoms with E-state index in [9.17, 15) is 0 Å². The monoisotopic (exact) mass is 851 g/mol. The van der Waals surface area contributed by atoms with E-state index in [4.69, 9.17) is 0 Å². The van der Waals surface area contributed by atoms with E-state index >= 15 is 0 Å². The highest BCUT2D eigenvalue weighted by atomic mass is 15.2. The third kappa shape index (κ3) is 7.08. The molecule has 0 spiro atoms. The largest absolute Gasteiger partial charge is 0.311 e.